The molecule has 1 aliphatic carbocycles. The molecule has 2 fully saturated rings. The van der Waals surface area contributed by atoms with E-state index in [2.05, 4.69) is 5.32 Å². The lowest BCUT2D eigenvalue weighted by molar-refractivity contribution is -0.138. The van der Waals surface area contributed by atoms with Crippen molar-refractivity contribution in [2.24, 2.45) is 5.92 Å². The van der Waals surface area contributed by atoms with Gasteiger partial charge in [-0.1, -0.05) is 12.8 Å². The summed E-state index contributed by atoms with van der Waals surface area (Å²) >= 11 is 0. The Hall–Kier alpha value is -1.26. The maximum absolute atomic E-state index is 12.2. The van der Waals surface area contributed by atoms with Gasteiger partial charge >= 0.3 is 12.0 Å². The number of carboxylic acid groups (broad SMARTS) is 1. The molecule has 0 spiro atoms. The third-order valence-electron chi connectivity index (χ3n) is 4.31. The van der Waals surface area contributed by atoms with E-state index >= 15 is 0 Å². The molecule has 108 valence electrons. The second kappa shape index (κ2) is 6.78. The highest BCUT2D eigenvalue weighted by atomic mass is 16.4. The van der Waals surface area contributed by atoms with Crippen molar-refractivity contribution in [3.63, 3.8) is 0 Å². The molecule has 0 aromatic carbocycles. The van der Waals surface area contributed by atoms with E-state index in [-0.39, 0.29) is 18.5 Å². The van der Waals surface area contributed by atoms with Crippen LogP contribution in [-0.2, 0) is 4.79 Å². The predicted molar refractivity (Wildman–Crippen MR) is 72.0 cm³/mol. The van der Waals surface area contributed by atoms with Crippen molar-refractivity contribution in [2.75, 3.05) is 13.1 Å². The summed E-state index contributed by atoms with van der Waals surface area (Å²) in [7, 11) is 0. The summed E-state index contributed by atoms with van der Waals surface area (Å²) < 4.78 is 0. The average Bonchev–Trinajstić information content (AvgIpc) is 2.89. The maximum Gasteiger partial charge on any atom is 0.317 e. The number of hydrogen-bond donors (Lipinski definition) is 2. The molecule has 5 nitrogen and oxygen atoms in total. The molecule has 1 atom stereocenters. The first kappa shape index (κ1) is 14.2. The summed E-state index contributed by atoms with van der Waals surface area (Å²) in [6, 6.07) is -0.201. The number of nitrogens with zero attached hydrogens (tertiary/aromatic N) is 1. The van der Waals surface area contributed by atoms with Gasteiger partial charge in [0, 0.05) is 19.1 Å². The summed E-state index contributed by atoms with van der Waals surface area (Å²) in [6.45, 7) is 1.43. The summed E-state index contributed by atoms with van der Waals surface area (Å²) in [5.74, 6) is -0.202. The number of hydrogen-bond acceptors (Lipinski definition) is 2. The standard InChI is InChI=1S/C14H24N2O3/c17-13(18)9-12-7-3-4-8-16(12)14(19)15-10-11-5-1-2-6-11/h11-12H,1-10H2,(H,15,19)(H,17,18). The number of aliphatic carboxylic acids is 1. The third-order valence-corrected chi connectivity index (χ3v) is 4.31. The molecule has 2 amide bonds. The lowest BCUT2D eigenvalue weighted by Gasteiger charge is -2.35. The minimum Gasteiger partial charge on any atom is -0.481 e. The van der Waals surface area contributed by atoms with Crippen molar-refractivity contribution in [1.29, 1.82) is 0 Å². The highest BCUT2D eigenvalue weighted by molar-refractivity contribution is 5.76. The van der Waals surface area contributed by atoms with Crippen LogP contribution in [0.4, 0.5) is 4.79 Å². The van der Waals surface area contributed by atoms with E-state index in [1.807, 2.05) is 0 Å². The third kappa shape index (κ3) is 4.11. The fourth-order valence-corrected chi connectivity index (χ4v) is 3.23. The first-order valence-corrected chi connectivity index (χ1v) is 7.43. The molecule has 1 unspecified atom stereocenters. The molecule has 0 radical (unpaired) electrons. The van der Waals surface area contributed by atoms with Crippen LogP contribution in [0.1, 0.15) is 51.4 Å². The van der Waals surface area contributed by atoms with Crippen LogP contribution in [0.2, 0.25) is 0 Å². The molecular formula is C14H24N2O3. The lowest BCUT2D eigenvalue weighted by Crippen LogP contribution is -2.50. The number of urea groups is 1. The van der Waals surface area contributed by atoms with Gasteiger partial charge in [0.1, 0.15) is 0 Å². The molecule has 2 aliphatic rings. The molecule has 19 heavy (non-hydrogen) atoms. The van der Waals surface area contributed by atoms with Gasteiger partial charge in [-0.2, -0.15) is 0 Å². The van der Waals surface area contributed by atoms with E-state index in [1.165, 1.54) is 25.7 Å². The second-order valence-corrected chi connectivity index (χ2v) is 5.78. The van der Waals surface area contributed by atoms with Gasteiger partial charge in [-0.3, -0.25) is 4.79 Å². The van der Waals surface area contributed by atoms with E-state index in [0.29, 0.717) is 12.5 Å². The zero-order valence-electron chi connectivity index (χ0n) is 11.4. The van der Waals surface area contributed by atoms with Gasteiger partial charge in [0.25, 0.3) is 0 Å². The van der Waals surface area contributed by atoms with Crippen LogP contribution in [0.5, 0.6) is 0 Å². The molecule has 0 aromatic heterocycles. The summed E-state index contributed by atoms with van der Waals surface area (Å²) in [6.07, 6.45) is 7.83. The minimum absolute atomic E-state index is 0.0663. The van der Waals surface area contributed by atoms with Crippen molar-refractivity contribution >= 4 is 12.0 Å². The van der Waals surface area contributed by atoms with Crippen molar-refractivity contribution in [3.8, 4) is 0 Å². The van der Waals surface area contributed by atoms with Gasteiger partial charge < -0.3 is 15.3 Å². The summed E-state index contributed by atoms with van der Waals surface area (Å²) in [4.78, 5) is 24.7. The van der Waals surface area contributed by atoms with Gasteiger partial charge in [-0.05, 0) is 38.0 Å². The van der Waals surface area contributed by atoms with Gasteiger partial charge in [0.05, 0.1) is 6.42 Å². The van der Waals surface area contributed by atoms with E-state index in [4.69, 9.17) is 5.11 Å². The van der Waals surface area contributed by atoms with Crippen molar-refractivity contribution in [3.05, 3.63) is 0 Å². The Morgan fingerprint density at radius 2 is 1.79 bits per heavy atom. The highest BCUT2D eigenvalue weighted by Crippen LogP contribution is 2.24. The Balaban J connectivity index is 1.82. The van der Waals surface area contributed by atoms with Crippen LogP contribution in [-0.4, -0.2) is 41.1 Å². The molecule has 1 saturated heterocycles. The van der Waals surface area contributed by atoms with Crippen LogP contribution in [0, 0.1) is 5.92 Å². The minimum atomic E-state index is -0.819. The Labute approximate surface area is 114 Å². The quantitative estimate of drug-likeness (QED) is 0.821. The van der Waals surface area contributed by atoms with Gasteiger partial charge in [-0.15, -0.1) is 0 Å². The highest BCUT2D eigenvalue weighted by Gasteiger charge is 2.28. The topological polar surface area (TPSA) is 69.6 Å². The first-order chi connectivity index (χ1) is 9.16. The molecular weight excluding hydrogens is 244 g/mol. The van der Waals surface area contributed by atoms with Gasteiger partial charge in [0.15, 0.2) is 0 Å². The monoisotopic (exact) mass is 268 g/mol. The van der Waals surface area contributed by atoms with E-state index in [0.717, 1.165) is 25.8 Å². The zero-order valence-corrected chi connectivity index (χ0v) is 11.4. The Bertz CT molecular complexity index is 327. The molecule has 5 heteroatoms. The van der Waals surface area contributed by atoms with Gasteiger partial charge in [-0.25, -0.2) is 4.79 Å². The predicted octanol–water partition coefficient (Wildman–Crippen LogP) is 2.22. The fourth-order valence-electron chi connectivity index (χ4n) is 3.23. The summed E-state index contributed by atoms with van der Waals surface area (Å²) in [5.41, 5.74) is 0. The molecule has 0 bridgehead atoms. The van der Waals surface area contributed by atoms with Crippen molar-refractivity contribution in [1.82, 2.24) is 10.2 Å². The molecule has 1 heterocycles. The molecule has 1 aliphatic heterocycles. The molecule has 1 saturated carbocycles. The van der Waals surface area contributed by atoms with Crippen LogP contribution in [0.25, 0.3) is 0 Å². The molecule has 0 aromatic rings. The second-order valence-electron chi connectivity index (χ2n) is 5.78. The number of carbonyl (C=O) groups is 2. The number of likely N-dealkylation sites (tertiary alicyclic amines) is 1. The summed E-state index contributed by atoms with van der Waals surface area (Å²) in [5, 5.41) is 11.9. The molecule has 2 rings (SSSR count). The molecule has 2 N–H and O–H groups in total. The Morgan fingerprint density at radius 1 is 1.11 bits per heavy atom. The maximum atomic E-state index is 12.2. The SMILES string of the molecule is O=C(O)CC1CCCCN1C(=O)NCC1CCCC1. The van der Waals surface area contributed by atoms with Crippen LogP contribution in [0.3, 0.4) is 0 Å². The first-order valence-electron chi connectivity index (χ1n) is 7.43. The normalized spacial score (nSPS) is 24.4. The zero-order chi connectivity index (χ0) is 13.7. The van der Waals surface area contributed by atoms with Crippen molar-refractivity contribution in [2.45, 2.75) is 57.4 Å². The largest absolute Gasteiger partial charge is 0.481 e. The number of carbonyl (C=O) groups excluding carboxylic acids is 1. The average molecular weight is 268 g/mol. The van der Waals surface area contributed by atoms with Gasteiger partial charge in [0.2, 0.25) is 0 Å². The smallest absolute Gasteiger partial charge is 0.317 e. The van der Waals surface area contributed by atoms with Crippen LogP contribution in [0.15, 0.2) is 0 Å². The number of nitrogens with one attached hydrogen (secondary N) is 1. The fraction of sp³-hybridized carbons (Fsp3) is 0.857. The Morgan fingerprint density at radius 3 is 2.47 bits per heavy atom. The van der Waals surface area contributed by atoms with E-state index in [1.54, 1.807) is 4.90 Å². The van der Waals surface area contributed by atoms with Crippen molar-refractivity contribution < 1.29 is 14.7 Å². The number of carboxylic acids is 1. The van der Waals surface area contributed by atoms with Crippen LogP contribution < -0.4 is 5.32 Å². The number of amides is 2. The lowest BCUT2D eigenvalue weighted by atomic mass is 10.00. The number of rotatable bonds is 4. The van der Waals surface area contributed by atoms with E-state index in [9.17, 15) is 9.59 Å². The number of piperidine rings is 1. The van der Waals surface area contributed by atoms with E-state index < -0.39 is 5.97 Å². The Kier molecular flexibility index (Phi) is 5.05. The van der Waals surface area contributed by atoms with Crippen LogP contribution >= 0.6 is 0 Å².